The van der Waals surface area contributed by atoms with Crippen LogP contribution in [0.5, 0.6) is 5.75 Å². The molecule has 0 heterocycles. The number of rotatable bonds is 6. The summed E-state index contributed by atoms with van der Waals surface area (Å²) in [6.45, 7) is 4.96. The second-order valence-corrected chi connectivity index (χ2v) is 5.82. The predicted octanol–water partition coefficient (Wildman–Crippen LogP) is 3.12. The zero-order valence-corrected chi connectivity index (χ0v) is 14.9. The third kappa shape index (κ3) is 5.08. The van der Waals surface area contributed by atoms with Gasteiger partial charge in [0.05, 0.1) is 11.6 Å². The molecule has 0 bridgehead atoms. The Morgan fingerprint density at radius 1 is 1.15 bits per heavy atom. The Balaban J connectivity index is 1.88. The Labute approximate surface area is 152 Å². The van der Waals surface area contributed by atoms with E-state index in [0.29, 0.717) is 17.0 Å². The highest BCUT2D eigenvalue weighted by molar-refractivity contribution is 5.95. The minimum absolute atomic E-state index is 0.284. The summed E-state index contributed by atoms with van der Waals surface area (Å²) in [5.74, 6) is -0.489. The quantitative estimate of drug-likeness (QED) is 0.807. The maximum atomic E-state index is 12.1. The highest BCUT2D eigenvalue weighted by atomic mass is 16.6. The van der Waals surface area contributed by atoms with Crippen LogP contribution in [0.1, 0.15) is 23.6 Å². The summed E-state index contributed by atoms with van der Waals surface area (Å²) in [7, 11) is 0. The number of carbonyl (C=O) groups excluding carboxylic acids is 2. The number of benzene rings is 2. The van der Waals surface area contributed by atoms with Gasteiger partial charge in [0.1, 0.15) is 5.75 Å². The summed E-state index contributed by atoms with van der Waals surface area (Å²) in [5, 5.41) is 11.5. The predicted molar refractivity (Wildman–Crippen MR) is 96.8 cm³/mol. The summed E-state index contributed by atoms with van der Waals surface area (Å²) in [5.41, 5.74) is 2.72. The Kier molecular flexibility index (Phi) is 6.34. The molecule has 1 atom stereocenters. The molecule has 134 valence electrons. The number of aryl methyl sites for hydroxylation is 2. The fourth-order valence-corrected chi connectivity index (χ4v) is 2.35. The van der Waals surface area contributed by atoms with Crippen molar-refractivity contribution in [2.45, 2.75) is 26.9 Å². The van der Waals surface area contributed by atoms with Crippen LogP contribution in [0.3, 0.4) is 0 Å². The molecule has 0 radical (unpaired) electrons. The summed E-state index contributed by atoms with van der Waals surface area (Å²) in [6.07, 6.45) is -0.991. The van der Waals surface area contributed by atoms with Gasteiger partial charge in [-0.3, -0.25) is 4.79 Å². The van der Waals surface area contributed by atoms with Crippen LogP contribution in [0.4, 0.5) is 5.69 Å². The van der Waals surface area contributed by atoms with Crippen molar-refractivity contribution in [3.8, 4) is 11.8 Å². The Hall–Kier alpha value is -3.33. The Morgan fingerprint density at radius 3 is 2.46 bits per heavy atom. The van der Waals surface area contributed by atoms with Gasteiger partial charge in [0.15, 0.2) is 12.7 Å². The van der Waals surface area contributed by atoms with E-state index in [2.05, 4.69) is 5.32 Å². The average molecular weight is 352 g/mol. The molecular weight excluding hydrogens is 332 g/mol. The molecule has 1 N–H and O–H groups in total. The molecule has 2 aromatic carbocycles. The molecule has 6 heteroatoms. The van der Waals surface area contributed by atoms with Crippen molar-refractivity contribution in [2.24, 2.45) is 0 Å². The van der Waals surface area contributed by atoms with Gasteiger partial charge in [-0.05, 0) is 50.1 Å². The van der Waals surface area contributed by atoms with Crippen LogP contribution in [-0.4, -0.2) is 24.6 Å². The molecule has 0 aliphatic rings. The summed E-state index contributed by atoms with van der Waals surface area (Å²) < 4.78 is 10.6. The lowest BCUT2D eigenvalue weighted by atomic mass is 10.1. The van der Waals surface area contributed by atoms with E-state index in [1.165, 1.54) is 13.0 Å². The van der Waals surface area contributed by atoms with Crippen molar-refractivity contribution in [1.82, 2.24) is 0 Å². The zero-order chi connectivity index (χ0) is 19.1. The van der Waals surface area contributed by atoms with Crippen LogP contribution in [-0.2, 0) is 14.3 Å². The number of nitriles is 1. The SMILES string of the molecule is Cc1cccc(C)c1OCC(=O)O[C@H](C)C(=O)Nc1cccc(C#N)c1. The Morgan fingerprint density at radius 2 is 1.81 bits per heavy atom. The van der Waals surface area contributed by atoms with E-state index in [4.69, 9.17) is 14.7 Å². The van der Waals surface area contributed by atoms with E-state index in [1.54, 1.807) is 18.2 Å². The first kappa shape index (κ1) is 19.0. The van der Waals surface area contributed by atoms with E-state index in [0.717, 1.165) is 11.1 Å². The Bertz CT molecular complexity index is 835. The lowest BCUT2D eigenvalue weighted by Gasteiger charge is -2.15. The molecule has 6 nitrogen and oxygen atoms in total. The molecule has 0 aliphatic heterocycles. The first-order chi connectivity index (χ1) is 12.4. The number of hydrogen-bond donors (Lipinski definition) is 1. The molecule has 0 spiro atoms. The van der Waals surface area contributed by atoms with Crippen molar-refractivity contribution in [3.63, 3.8) is 0 Å². The van der Waals surface area contributed by atoms with Gasteiger partial charge in [0, 0.05) is 5.69 Å². The number of nitrogens with one attached hydrogen (secondary N) is 1. The summed E-state index contributed by atoms with van der Waals surface area (Å²) in [4.78, 5) is 24.1. The number of amides is 1. The number of esters is 1. The molecule has 0 aromatic heterocycles. The number of carbonyl (C=O) groups is 2. The van der Waals surface area contributed by atoms with E-state index in [1.807, 2.05) is 38.1 Å². The molecule has 2 rings (SSSR count). The van der Waals surface area contributed by atoms with Gasteiger partial charge in [0.25, 0.3) is 5.91 Å². The minimum Gasteiger partial charge on any atom is -0.481 e. The number of para-hydroxylation sites is 1. The van der Waals surface area contributed by atoms with Crippen LogP contribution < -0.4 is 10.1 Å². The van der Waals surface area contributed by atoms with Crippen LogP contribution in [0, 0.1) is 25.2 Å². The maximum absolute atomic E-state index is 12.1. The lowest BCUT2D eigenvalue weighted by molar-refractivity contribution is -0.155. The molecule has 0 fully saturated rings. The monoisotopic (exact) mass is 352 g/mol. The maximum Gasteiger partial charge on any atom is 0.344 e. The zero-order valence-electron chi connectivity index (χ0n) is 14.9. The molecule has 0 saturated heterocycles. The third-order valence-corrected chi connectivity index (χ3v) is 3.68. The van der Waals surface area contributed by atoms with Crippen LogP contribution in [0.15, 0.2) is 42.5 Å². The van der Waals surface area contributed by atoms with Gasteiger partial charge in [-0.25, -0.2) is 4.79 Å². The largest absolute Gasteiger partial charge is 0.481 e. The number of nitrogens with zero attached hydrogens (tertiary/aromatic N) is 1. The van der Waals surface area contributed by atoms with Crippen LogP contribution in [0.25, 0.3) is 0 Å². The van der Waals surface area contributed by atoms with Crippen molar-refractivity contribution in [2.75, 3.05) is 11.9 Å². The number of anilines is 1. The molecule has 0 aliphatic carbocycles. The number of hydrogen-bond acceptors (Lipinski definition) is 5. The standard InChI is InChI=1S/C20H20N2O4/c1-13-6-4-7-14(2)19(13)25-12-18(23)26-15(3)20(24)22-17-9-5-8-16(10-17)11-21/h4-10,15H,12H2,1-3H3,(H,22,24)/t15-/m1/s1. The first-order valence-corrected chi connectivity index (χ1v) is 8.10. The fraction of sp³-hybridized carbons (Fsp3) is 0.250. The van der Waals surface area contributed by atoms with E-state index in [9.17, 15) is 9.59 Å². The van der Waals surface area contributed by atoms with Gasteiger partial charge >= 0.3 is 5.97 Å². The van der Waals surface area contributed by atoms with Crippen molar-refractivity contribution < 1.29 is 19.1 Å². The molecule has 26 heavy (non-hydrogen) atoms. The van der Waals surface area contributed by atoms with E-state index >= 15 is 0 Å². The highest BCUT2D eigenvalue weighted by Gasteiger charge is 2.19. The molecule has 0 saturated carbocycles. The van der Waals surface area contributed by atoms with Gasteiger partial charge < -0.3 is 14.8 Å². The van der Waals surface area contributed by atoms with E-state index in [-0.39, 0.29) is 6.61 Å². The van der Waals surface area contributed by atoms with Crippen LogP contribution >= 0.6 is 0 Å². The molecular formula is C20H20N2O4. The summed E-state index contributed by atoms with van der Waals surface area (Å²) in [6, 6.07) is 14.1. The van der Waals surface area contributed by atoms with Crippen LogP contribution in [0.2, 0.25) is 0 Å². The van der Waals surface area contributed by atoms with Gasteiger partial charge in [0.2, 0.25) is 0 Å². The fourth-order valence-electron chi connectivity index (χ4n) is 2.35. The van der Waals surface area contributed by atoms with Gasteiger partial charge in [-0.15, -0.1) is 0 Å². The van der Waals surface area contributed by atoms with Crippen molar-refractivity contribution in [1.29, 1.82) is 5.26 Å². The first-order valence-electron chi connectivity index (χ1n) is 8.10. The van der Waals surface area contributed by atoms with Gasteiger partial charge in [-0.1, -0.05) is 24.3 Å². The smallest absolute Gasteiger partial charge is 0.344 e. The summed E-state index contributed by atoms with van der Waals surface area (Å²) >= 11 is 0. The minimum atomic E-state index is -0.991. The normalized spacial score (nSPS) is 11.2. The molecule has 1 amide bonds. The second kappa shape index (κ2) is 8.67. The topological polar surface area (TPSA) is 88.4 Å². The van der Waals surface area contributed by atoms with E-state index < -0.39 is 18.0 Å². The third-order valence-electron chi connectivity index (χ3n) is 3.68. The molecule has 0 unspecified atom stereocenters. The lowest BCUT2D eigenvalue weighted by Crippen LogP contribution is -2.31. The average Bonchev–Trinajstić information content (AvgIpc) is 2.61. The van der Waals surface area contributed by atoms with Crippen molar-refractivity contribution >= 4 is 17.6 Å². The molecule has 2 aromatic rings. The van der Waals surface area contributed by atoms with Gasteiger partial charge in [-0.2, -0.15) is 5.26 Å². The highest BCUT2D eigenvalue weighted by Crippen LogP contribution is 2.22. The second-order valence-electron chi connectivity index (χ2n) is 5.82. The number of ether oxygens (including phenoxy) is 2. The van der Waals surface area contributed by atoms with Crippen molar-refractivity contribution in [3.05, 3.63) is 59.2 Å².